The third-order valence-corrected chi connectivity index (χ3v) is 4.70. The lowest BCUT2D eigenvalue weighted by Gasteiger charge is -2.28. The Morgan fingerprint density at radius 1 is 1.19 bits per heavy atom. The molecule has 1 N–H and O–H groups in total. The summed E-state index contributed by atoms with van der Waals surface area (Å²) in [5.41, 5.74) is 1.89. The molecule has 0 aliphatic rings. The van der Waals surface area contributed by atoms with Crippen molar-refractivity contribution in [1.82, 2.24) is 10.2 Å². The third-order valence-electron chi connectivity index (χ3n) is 4.20. The van der Waals surface area contributed by atoms with Crippen molar-refractivity contribution >= 4 is 27.7 Å². The van der Waals surface area contributed by atoms with E-state index in [4.69, 9.17) is 4.74 Å². The molecule has 0 spiro atoms. The predicted octanol–water partition coefficient (Wildman–Crippen LogP) is 3.69. The summed E-state index contributed by atoms with van der Waals surface area (Å²) in [7, 11) is 0. The molecule has 6 heteroatoms. The van der Waals surface area contributed by atoms with E-state index in [1.54, 1.807) is 11.8 Å². The van der Waals surface area contributed by atoms with Crippen LogP contribution in [0.4, 0.5) is 0 Å². The van der Waals surface area contributed by atoms with Crippen LogP contribution in [0.5, 0.6) is 5.75 Å². The molecule has 0 heterocycles. The van der Waals surface area contributed by atoms with E-state index < -0.39 is 6.04 Å². The van der Waals surface area contributed by atoms with Gasteiger partial charge in [-0.05, 0) is 50.1 Å². The van der Waals surface area contributed by atoms with Gasteiger partial charge in [-0.15, -0.1) is 0 Å². The van der Waals surface area contributed by atoms with E-state index in [2.05, 4.69) is 21.2 Å². The Kier molecular flexibility index (Phi) is 7.85. The molecule has 2 aromatic carbocycles. The van der Waals surface area contributed by atoms with Gasteiger partial charge in [0.15, 0.2) is 6.61 Å². The Bertz CT molecular complexity index is 795. The average molecular weight is 433 g/mol. The van der Waals surface area contributed by atoms with Crippen molar-refractivity contribution in [2.24, 2.45) is 0 Å². The zero-order valence-electron chi connectivity index (χ0n) is 15.9. The molecular formula is C21H25BrN2O3. The van der Waals surface area contributed by atoms with E-state index in [-0.39, 0.29) is 18.4 Å². The minimum atomic E-state index is -0.600. The number of likely N-dealkylation sites (N-methyl/N-ethyl adjacent to an activating group) is 1. The van der Waals surface area contributed by atoms with Gasteiger partial charge in [0.2, 0.25) is 5.91 Å². The molecule has 0 aliphatic heterocycles. The van der Waals surface area contributed by atoms with E-state index in [0.29, 0.717) is 18.8 Å². The number of halogens is 1. The van der Waals surface area contributed by atoms with Crippen molar-refractivity contribution in [1.29, 1.82) is 0 Å². The summed E-state index contributed by atoms with van der Waals surface area (Å²) in [4.78, 5) is 26.7. The van der Waals surface area contributed by atoms with Crippen molar-refractivity contribution in [2.75, 3.05) is 13.2 Å². The number of hydrogen-bond donors (Lipinski definition) is 1. The first-order valence-corrected chi connectivity index (χ1v) is 9.71. The number of nitrogens with zero attached hydrogens (tertiary/aromatic N) is 1. The largest absolute Gasteiger partial charge is 0.484 e. The predicted molar refractivity (Wildman–Crippen MR) is 110 cm³/mol. The smallest absolute Gasteiger partial charge is 0.261 e. The first-order valence-electron chi connectivity index (χ1n) is 8.92. The van der Waals surface area contributed by atoms with Crippen molar-refractivity contribution in [3.05, 3.63) is 64.1 Å². The standard InChI is InChI=1S/C21H25BrN2O3/c1-4-23-21(26)16(3)24(13-17-9-7-10-18(22)12-17)20(25)14-27-19-11-6-5-8-15(19)2/h5-12,16H,4,13-14H2,1-3H3,(H,23,26). The van der Waals surface area contributed by atoms with Gasteiger partial charge in [0.25, 0.3) is 5.91 Å². The van der Waals surface area contributed by atoms with Gasteiger partial charge in [0.1, 0.15) is 11.8 Å². The highest BCUT2D eigenvalue weighted by molar-refractivity contribution is 9.10. The highest BCUT2D eigenvalue weighted by Crippen LogP contribution is 2.18. The maximum Gasteiger partial charge on any atom is 0.261 e. The van der Waals surface area contributed by atoms with E-state index in [9.17, 15) is 9.59 Å². The highest BCUT2D eigenvalue weighted by Gasteiger charge is 2.26. The summed E-state index contributed by atoms with van der Waals surface area (Å²) in [5.74, 6) is 0.243. The molecule has 2 rings (SSSR count). The van der Waals surface area contributed by atoms with Crippen LogP contribution in [-0.2, 0) is 16.1 Å². The second-order valence-electron chi connectivity index (χ2n) is 6.28. The highest BCUT2D eigenvalue weighted by atomic mass is 79.9. The van der Waals surface area contributed by atoms with E-state index in [1.807, 2.05) is 62.4 Å². The molecule has 0 saturated carbocycles. The third kappa shape index (κ3) is 6.10. The van der Waals surface area contributed by atoms with Crippen LogP contribution in [0.25, 0.3) is 0 Å². The number of carbonyl (C=O) groups excluding carboxylic acids is 2. The van der Waals surface area contributed by atoms with Gasteiger partial charge in [-0.1, -0.05) is 46.3 Å². The molecule has 2 amide bonds. The van der Waals surface area contributed by atoms with Crippen molar-refractivity contribution in [3.8, 4) is 5.75 Å². The number of benzene rings is 2. The second kappa shape index (κ2) is 10.1. The Morgan fingerprint density at radius 2 is 1.93 bits per heavy atom. The molecule has 0 aromatic heterocycles. The van der Waals surface area contributed by atoms with Gasteiger partial charge in [0, 0.05) is 17.6 Å². The first kappa shape index (κ1) is 21.0. The van der Waals surface area contributed by atoms with Crippen molar-refractivity contribution in [3.63, 3.8) is 0 Å². The number of aryl methyl sites for hydroxylation is 1. The number of carbonyl (C=O) groups is 2. The first-order chi connectivity index (χ1) is 12.9. The lowest BCUT2D eigenvalue weighted by atomic mass is 10.1. The van der Waals surface area contributed by atoms with Crippen LogP contribution in [0, 0.1) is 6.92 Å². The lowest BCUT2D eigenvalue weighted by molar-refractivity contribution is -0.142. The fraction of sp³-hybridized carbons (Fsp3) is 0.333. The van der Waals surface area contributed by atoms with Gasteiger partial charge >= 0.3 is 0 Å². The zero-order valence-corrected chi connectivity index (χ0v) is 17.5. The lowest BCUT2D eigenvalue weighted by Crippen LogP contribution is -2.49. The van der Waals surface area contributed by atoms with Crippen LogP contribution < -0.4 is 10.1 Å². The number of rotatable bonds is 8. The minimum absolute atomic E-state index is 0.122. The van der Waals surface area contributed by atoms with Gasteiger partial charge < -0.3 is 15.0 Å². The number of hydrogen-bond acceptors (Lipinski definition) is 3. The Balaban J connectivity index is 2.15. The average Bonchev–Trinajstić information content (AvgIpc) is 2.65. The van der Waals surface area contributed by atoms with Crippen molar-refractivity contribution < 1.29 is 14.3 Å². The summed E-state index contributed by atoms with van der Waals surface area (Å²) in [6.07, 6.45) is 0. The second-order valence-corrected chi connectivity index (χ2v) is 7.19. The molecule has 0 fully saturated rings. The molecule has 2 aromatic rings. The van der Waals surface area contributed by atoms with E-state index in [0.717, 1.165) is 15.6 Å². The molecule has 0 aliphatic carbocycles. The summed E-state index contributed by atoms with van der Waals surface area (Å²) in [6.45, 7) is 6.23. The molecule has 1 unspecified atom stereocenters. The maximum atomic E-state index is 12.9. The van der Waals surface area contributed by atoms with Crippen molar-refractivity contribution in [2.45, 2.75) is 33.4 Å². The normalized spacial score (nSPS) is 11.6. The van der Waals surface area contributed by atoms with Crippen LogP contribution in [0.15, 0.2) is 53.0 Å². The maximum absolute atomic E-state index is 12.9. The van der Waals surface area contributed by atoms with Crippen LogP contribution in [-0.4, -0.2) is 35.9 Å². The number of nitrogens with one attached hydrogen (secondary N) is 1. The topological polar surface area (TPSA) is 58.6 Å². The number of amides is 2. The molecule has 0 bridgehead atoms. The molecule has 1 atom stereocenters. The van der Waals surface area contributed by atoms with Gasteiger partial charge in [-0.3, -0.25) is 9.59 Å². The van der Waals surface area contributed by atoms with Crippen LogP contribution >= 0.6 is 15.9 Å². The Labute approximate surface area is 168 Å². The molecular weight excluding hydrogens is 408 g/mol. The summed E-state index contributed by atoms with van der Waals surface area (Å²) in [6, 6.07) is 14.6. The summed E-state index contributed by atoms with van der Waals surface area (Å²) >= 11 is 3.44. The van der Waals surface area contributed by atoms with Crippen LogP contribution in [0.1, 0.15) is 25.0 Å². The molecule has 0 saturated heterocycles. The van der Waals surface area contributed by atoms with Gasteiger partial charge in [-0.25, -0.2) is 0 Å². The summed E-state index contributed by atoms with van der Waals surface area (Å²) in [5, 5.41) is 2.78. The minimum Gasteiger partial charge on any atom is -0.484 e. The fourth-order valence-corrected chi connectivity index (χ4v) is 3.12. The molecule has 144 valence electrons. The summed E-state index contributed by atoms with van der Waals surface area (Å²) < 4.78 is 6.62. The van der Waals surface area contributed by atoms with Gasteiger partial charge in [-0.2, -0.15) is 0 Å². The van der Waals surface area contributed by atoms with Crippen LogP contribution in [0.2, 0.25) is 0 Å². The molecule has 5 nitrogen and oxygen atoms in total. The van der Waals surface area contributed by atoms with E-state index >= 15 is 0 Å². The van der Waals surface area contributed by atoms with E-state index in [1.165, 1.54) is 0 Å². The SMILES string of the molecule is CCNC(=O)C(C)N(Cc1cccc(Br)c1)C(=O)COc1ccccc1C. The number of ether oxygens (including phenoxy) is 1. The number of para-hydroxylation sites is 1. The van der Waals surface area contributed by atoms with Gasteiger partial charge in [0.05, 0.1) is 0 Å². The monoisotopic (exact) mass is 432 g/mol. The van der Waals surface area contributed by atoms with Crippen LogP contribution in [0.3, 0.4) is 0 Å². The fourth-order valence-electron chi connectivity index (χ4n) is 2.68. The zero-order chi connectivity index (χ0) is 19.8. The Hall–Kier alpha value is -2.34. The molecule has 27 heavy (non-hydrogen) atoms. The quantitative estimate of drug-likeness (QED) is 0.691. The molecule has 0 radical (unpaired) electrons. The Morgan fingerprint density at radius 3 is 2.59 bits per heavy atom.